The van der Waals surface area contributed by atoms with Crippen molar-refractivity contribution >= 4 is 23.7 Å². The molecule has 40 heavy (non-hydrogen) atoms. The van der Waals surface area contributed by atoms with Gasteiger partial charge in [-0.05, 0) is 68.1 Å². The number of nitrogens with one attached hydrogen (secondary N) is 1. The van der Waals surface area contributed by atoms with Gasteiger partial charge in [0, 0.05) is 11.4 Å². The van der Waals surface area contributed by atoms with E-state index in [0.29, 0.717) is 46.0 Å². The molecule has 0 spiro atoms. The van der Waals surface area contributed by atoms with Crippen molar-refractivity contribution in [1.29, 1.82) is 0 Å². The van der Waals surface area contributed by atoms with Crippen LogP contribution >= 0.6 is 11.8 Å². The van der Waals surface area contributed by atoms with E-state index in [2.05, 4.69) is 23.3 Å². The number of hydrogen-bond acceptors (Lipinski definition) is 7. The quantitative estimate of drug-likeness (QED) is 0.178. The van der Waals surface area contributed by atoms with Gasteiger partial charge in [0.25, 0.3) is 0 Å². The summed E-state index contributed by atoms with van der Waals surface area (Å²) in [6.45, 7) is 7.98. The molecule has 0 saturated heterocycles. The van der Waals surface area contributed by atoms with E-state index in [1.165, 1.54) is 23.4 Å². The van der Waals surface area contributed by atoms with Crippen molar-refractivity contribution in [1.82, 2.24) is 14.8 Å². The molecule has 5 rings (SSSR count). The highest BCUT2D eigenvalue weighted by atomic mass is 32.2. The Kier molecular flexibility index (Phi) is 8.21. The van der Waals surface area contributed by atoms with Crippen molar-refractivity contribution in [3.05, 3.63) is 112 Å². The van der Waals surface area contributed by atoms with Gasteiger partial charge in [-0.25, -0.2) is 13.9 Å². The summed E-state index contributed by atoms with van der Waals surface area (Å²) in [6.07, 6.45) is -0.283. The second-order valence-electron chi connectivity index (χ2n) is 9.85. The van der Waals surface area contributed by atoms with Gasteiger partial charge in [-0.2, -0.15) is 4.98 Å². The van der Waals surface area contributed by atoms with Crippen molar-refractivity contribution in [2.24, 2.45) is 0 Å². The smallest absolute Gasteiger partial charge is 0.338 e. The number of hydrogen-bond donors (Lipinski definition) is 1. The molecule has 2 heterocycles. The van der Waals surface area contributed by atoms with Crippen LogP contribution in [-0.2, 0) is 21.9 Å². The Labute approximate surface area is 237 Å². The van der Waals surface area contributed by atoms with Crippen molar-refractivity contribution in [3.8, 4) is 5.75 Å². The lowest BCUT2D eigenvalue weighted by molar-refractivity contribution is -0.143. The highest BCUT2D eigenvalue weighted by Crippen LogP contribution is 2.38. The molecule has 0 fully saturated rings. The summed E-state index contributed by atoms with van der Waals surface area (Å²) in [6, 6.07) is 21.8. The summed E-state index contributed by atoms with van der Waals surface area (Å²) in [7, 11) is 0. The number of aryl methyl sites for hydroxylation is 1. The largest absolute Gasteiger partial charge is 0.489 e. The summed E-state index contributed by atoms with van der Waals surface area (Å²) in [4.78, 5) is 17.9. The van der Waals surface area contributed by atoms with Crippen LogP contribution in [0.2, 0.25) is 0 Å². The van der Waals surface area contributed by atoms with Crippen LogP contribution in [0.1, 0.15) is 49.1 Å². The molecule has 9 heteroatoms. The Hall–Kier alpha value is -4.11. The Balaban J connectivity index is 1.43. The molecule has 1 atom stereocenters. The molecule has 1 aliphatic rings. The van der Waals surface area contributed by atoms with Crippen LogP contribution in [0, 0.1) is 12.7 Å². The first kappa shape index (κ1) is 27.5. The van der Waals surface area contributed by atoms with Crippen molar-refractivity contribution < 1.29 is 18.7 Å². The van der Waals surface area contributed by atoms with E-state index in [4.69, 9.17) is 14.6 Å². The number of fused-ring (bicyclic) bond motifs is 1. The molecule has 0 radical (unpaired) electrons. The Bertz CT molecular complexity index is 1550. The van der Waals surface area contributed by atoms with Gasteiger partial charge < -0.3 is 14.8 Å². The molecule has 0 aliphatic carbocycles. The van der Waals surface area contributed by atoms with E-state index in [0.717, 1.165) is 11.1 Å². The molecule has 0 saturated carbocycles. The van der Waals surface area contributed by atoms with Gasteiger partial charge in [-0.1, -0.05) is 66.4 Å². The molecule has 0 amide bonds. The van der Waals surface area contributed by atoms with E-state index in [9.17, 15) is 9.18 Å². The van der Waals surface area contributed by atoms with E-state index in [1.807, 2.05) is 63.2 Å². The fraction of sp³-hybridized carbons (Fsp3) is 0.258. The monoisotopic (exact) mass is 558 g/mol. The number of halogens is 1. The van der Waals surface area contributed by atoms with Gasteiger partial charge in [0.1, 0.15) is 24.2 Å². The number of carbonyl (C=O) groups is 1. The Morgan fingerprint density at radius 1 is 1.02 bits per heavy atom. The normalized spacial score (nSPS) is 14.6. The van der Waals surface area contributed by atoms with Crippen LogP contribution in [0.3, 0.4) is 0 Å². The Morgan fingerprint density at radius 2 is 1.73 bits per heavy atom. The maximum absolute atomic E-state index is 14.2. The van der Waals surface area contributed by atoms with Crippen molar-refractivity contribution in [3.63, 3.8) is 0 Å². The number of carbonyl (C=O) groups excluding carboxylic acids is 1. The molecule has 0 bridgehead atoms. The van der Waals surface area contributed by atoms with E-state index >= 15 is 0 Å². The maximum atomic E-state index is 14.2. The average molecular weight is 559 g/mol. The second-order valence-corrected chi connectivity index (χ2v) is 10.8. The molecule has 206 valence electrons. The number of ether oxygens (including phenoxy) is 2. The molecular weight excluding hydrogens is 527 g/mol. The van der Waals surface area contributed by atoms with Gasteiger partial charge in [0.15, 0.2) is 0 Å². The number of aromatic nitrogens is 3. The molecule has 4 aromatic rings. The lowest BCUT2D eigenvalue weighted by atomic mass is 9.95. The van der Waals surface area contributed by atoms with Gasteiger partial charge in [-0.3, -0.25) is 0 Å². The van der Waals surface area contributed by atoms with Crippen molar-refractivity contribution in [2.45, 2.75) is 57.4 Å². The average Bonchev–Trinajstić information content (AvgIpc) is 3.33. The van der Waals surface area contributed by atoms with Gasteiger partial charge in [-0.15, -0.1) is 5.10 Å². The fourth-order valence-electron chi connectivity index (χ4n) is 4.48. The number of benzene rings is 3. The minimum atomic E-state index is -0.566. The predicted octanol–water partition coefficient (Wildman–Crippen LogP) is 6.84. The third kappa shape index (κ3) is 6.04. The molecule has 1 unspecified atom stereocenters. The summed E-state index contributed by atoms with van der Waals surface area (Å²) in [5.41, 5.74) is 4.78. The van der Waals surface area contributed by atoms with Gasteiger partial charge in [0.2, 0.25) is 11.1 Å². The topological polar surface area (TPSA) is 78.3 Å². The third-order valence-corrected chi connectivity index (χ3v) is 7.45. The van der Waals surface area contributed by atoms with E-state index < -0.39 is 12.0 Å². The van der Waals surface area contributed by atoms with Crippen LogP contribution in [0.5, 0.6) is 5.75 Å². The maximum Gasteiger partial charge on any atom is 0.338 e. The number of anilines is 1. The van der Waals surface area contributed by atoms with Crippen LogP contribution < -0.4 is 10.1 Å². The zero-order chi connectivity index (χ0) is 28.2. The predicted molar refractivity (Wildman–Crippen MR) is 154 cm³/mol. The molecule has 1 N–H and O–H groups in total. The van der Waals surface area contributed by atoms with E-state index in [1.54, 1.807) is 22.9 Å². The highest BCUT2D eigenvalue weighted by molar-refractivity contribution is 7.98. The molecule has 7 nitrogen and oxygen atoms in total. The number of nitrogens with zero attached hydrogens (tertiary/aromatic N) is 3. The molecule has 1 aromatic heterocycles. The number of rotatable bonds is 9. The molecule has 3 aromatic carbocycles. The lowest BCUT2D eigenvalue weighted by Gasteiger charge is -2.28. The van der Waals surface area contributed by atoms with E-state index in [-0.39, 0.29) is 11.9 Å². The first-order chi connectivity index (χ1) is 19.3. The standard InChI is InChI=1S/C31H31FN4O3S/c1-19(2)39-29(37)27-21(4)33-30-34-31(40-18-24-11-7-8-12-26(24)32)35-36(30)28(27)22-13-15-25(16-14-22)38-17-23-10-6-5-9-20(23)3/h5-16,19,28H,17-18H2,1-4H3,(H,33,34,35). The van der Waals surface area contributed by atoms with Gasteiger partial charge >= 0.3 is 5.97 Å². The van der Waals surface area contributed by atoms with Crippen LogP contribution in [0.15, 0.2) is 89.2 Å². The number of allylic oxidation sites excluding steroid dienone is 1. The first-order valence-corrected chi connectivity index (χ1v) is 14.1. The SMILES string of the molecule is CC1=C(C(=O)OC(C)C)C(c2ccc(OCc3ccccc3C)cc2)n2nc(SCc3ccccc3F)nc2N1. The van der Waals surface area contributed by atoms with Crippen LogP contribution in [0.4, 0.5) is 10.3 Å². The number of thioether (sulfide) groups is 1. The van der Waals surface area contributed by atoms with Crippen molar-refractivity contribution in [2.75, 3.05) is 5.32 Å². The third-order valence-electron chi connectivity index (χ3n) is 6.56. The van der Waals surface area contributed by atoms with Gasteiger partial charge in [0.05, 0.1) is 11.7 Å². The van der Waals surface area contributed by atoms with Crippen LogP contribution in [0.25, 0.3) is 0 Å². The molecular formula is C31H31FN4O3S. The minimum absolute atomic E-state index is 0.268. The first-order valence-electron chi connectivity index (χ1n) is 13.1. The highest BCUT2D eigenvalue weighted by Gasteiger charge is 2.35. The summed E-state index contributed by atoms with van der Waals surface area (Å²) in [5.74, 6) is 0.900. The summed E-state index contributed by atoms with van der Waals surface area (Å²) >= 11 is 1.33. The second kappa shape index (κ2) is 12.0. The fourth-order valence-corrected chi connectivity index (χ4v) is 5.30. The minimum Gasteiger partial charge on any atom is -0.489 e. The van der Waals surface area contributed by atoms with Crippen LogP contribution in [-0.4, -0.2) is 26.8 Å². The Morgan fingerprint density at radius 3 is 2.42 bits per heavy atom. The lowest BCUT2D eigenvalue weighted by Crippen LogP contribution is -2.30. The molecule has 1 aliphatic heterocycles. The summed E-state index contributed by atoms with van der Waals surface area (Å²) < 4.78 is 27.5. The zero-order valence-corrected chi connectivity index (χ0v) is 23.7. The number of esters is 1. The zero-order valence-electron chi connectivity index (χ0n) is 22.8. The summed E-state index contributed by atoms with van der Waals surface area (Å²) in [5, 5.41) is 8.40.